The molecule has 0 aliphatic carbocycles. The van der Waals surface area contributed by atoms with Gasteiger partial charge in [0.25, 0.3) is 0 Å². The Balaban J connectivity index is 0.00000210. The minimum atomic E-state index is 0.0160. The highest BCUT2D eigenvalue weighted by Crippen LogP contribution is 2.42. The van der Waals surface area contributed by atoms with Gasteiger partial charge in [0, 0.05) is 26.2 Å². The molecule has 5 nitrogen and oxygen atoms in total. The third-order valence-electron chi connectivity index (χ3n) is 7.40. The molecule has 0 N–H and O–H groups in total. The molecule has 0 amide bonds. The molecule has 0 radical (unpaired) electrons. The van der Waals surface area contributed by atoms with Gasteiger partial charge in [-0.1, -0.05) is 76.6 Å². The third-order valence-corrected chi connectivity index (χ3v) is 7.40. The van der Waals surface area contributed by atoms with Crippen LogP contribution in [0, 0.1) is 5.41 Å². The van der Waals surface area contributed by atoms with E-state index in [4.69, 9.17) is 14.5 Å². The number of rotatable bonds is 9. The Morgan fingerprint density at radius 3 is 2.23 bits per heavy atom. The van der Waals surface area contributed by atoms with Crippen molar-refractivity contribution < 1.29 is 9.47 Å². The molecule has 1 aliphatic heterocycles. The molecule has 2 aromatic carbocycles. The molecule has 194 valence electrons. The highest BCUT2D eigenvalue weighted by molar-refractivity contribution is 5.89. The highest BCUT2D eigenvalue weighted by Gasteiger charge is 2.36. The SMILES string of the molecule is CC.CCC1(C)CCN(C(C(=NC)N(C)CCc2ccccc2)c2cccc(OC)c2OC)CC1. The molecular formula is C30H47N3O2. The molecule has 1 heterocycles. The van der Waals surface area contributed by atoms with Crippen molar-refractivity contribution in [2.75, 3.05) is 47.9 Å². The van der Waals surface area contributed by atoms with E-state index in [0.29, 0.717) is 5.41 Å². The zero-order valence-electron chi connectivity index (χ0n) is 23.3. The van der Waals surface area contributed by atoms with Crippen LogP contribution < -0.4 is 9.47 Å². The van der Waals surface area contributed by atoms with Crippen molar-refractivity contribution in [3.63, 3.8) is 0 Å². The van der Waals surface area contributed by atoms with E-state index in [9.17, 15) is 0 Å². The van der Waals surface area contributed by atoms with Crippen LogP contribution in [0.5, 0.6) is 11.5 Å². The summed E-state index contributed by atoms with van der Waals surface area (Å²) in [6, 6.07) is 16.9. The molecule has 1 atom stereocenters. The number of benzene rings is 2. The third kappa shape index (κ3) is 7.23. The molecule has 0 saturated carbocycles. The summed E-state index contributed by atoms with van der Waals surface area (Å²) < 4.78 is 11.5. The van der Waals surface area contributed by atoms with Crippen LogP contribution in [0.1, 0.15) is 64.1 Å². The first-order chi connectivity index (χ1) is 17.0. The lowest BCUT2D eigenvalue weighted by Crippen LogP contribution is -2.47. The minimum Gasteiger partial charge on any atom is -0.493 e. The first-order valence-electron chi connectivity index (χ1n) is 13.1. The van der Waals surface area contributed by atoms with Crippen LogP contribution in [-0.2, 0) is 6.42 Å². The molecule has 0 bridgehead atoms. The Hall–Kier alpha value is -2.53. The number of nitrogens with zero attached hydrogens (tertiary/aromatic N) is 3. The largest absolute Gasteiger partial charge is 0.493 e. The lowest BCUT2D eigenvalue weighted by Gasteiger charge is -2.44. The molecule has 0 spiro atoms. The maximum atomic E-state index is 5.88. The second kappa shape index (κ2) is 14.1. The van der Waals surface area contributed by atoms with Gasteiger partial charge in [-0.2, -0.15) is 0 Å². The zero-order chi connectivity index (χ0) is 25.8. The summed E-state index contributed by atoms with van der Waals surface area (Å²) in [6.07, 6.45) is 4.58. The molecule has 35 heavy (non-hydrogen) atoms. The Morgan fingerprint density at radius 2 is 1.69 bits per heavy atom. The fourth-order valence-electron chi connectivity index (χ4n) is 4.86. The lowest BCUT2D eigenvalue weighted by molar-refractivity contribution is 0.0962. The zero-order valence-corrected chi connectivity index (χ0v) is 23.3. The summed E-state index contributed by atoms with van der Waals surface area (Å²) in [5.41, 5.74) is 2.87. The van der Waals surface area contributed by atoms with Crippen molar-refractivity contribution in [1.29, 1.82) is 0 Å². The fourth-order valence-corrected chi connectivity index (χ4v) is 4.86. The molecule has 3 rings (SSSR count). The van der Waals surface area contributed by atoms with E-state index in [-0.39, 0.29) is 6.04 Å². The summed E-state index contributed by atoms with van der Waals surface area (Å²) in [5.74, 6) is 2.63. The van der Waals surface area contributed by atoms with Gasteiger partial charge in [0.2, 0.25) is 0 Å². The quantitative estimate of drug-likeness (QED) is 0.303. The molecule has 1 fully saturated rings. The number of likely N-dealkylation sites (N-methyl/N-ethyl adjacent to an activating group) is 1. The van der Waals surface area contributed by atoms with Crippen molar-refractivity contribution in [2.24, 2.45) is 10.4 Å². The van der Waals surface area contributed by atoms with Crippen molar-refractivity contribution >= 4 is 5.84 Å². The van der Waals surface area contributed by atoms with Gasteiger partial charge in [0.05, 0.1) is 20.3 Å². The fraction of sp³-hybridized carbons (Fsp3) is 0.567. The van der Waals surface area contributed by atoms with Gasteiger partial charge in [0.15, 0.2) is 11.5 Å². The average molecular weight is 482 g/mol. The van der Waals surface area contributed by atoms with E-state index in [2.05, 4.69) is 73.2 Å². The van der Waals surface area contributed by atoms with Crippen LogP contribution in [0.2, 0.25) is 0 Å². The molecule has 2 aromatic rings. The van der Waals surface area contributed by atoms with Gasteiger partial charge in [-0.15, -0.1) is 0 Å². The summed E-state index contributed by atoms with van der Waals surface area (Å²) >= 11 is 0. The molecule has 1 saturated heterocycles. The van der Waals surface area contributed by atoms with Gasteiger partial charge in [-0.3, -0.25) is 9.89 Å². The summed E-state index contributed by atoms with van der Waals surface area (Å²) in [4.78, 5) is 9.73. The predicted molar refractivity (Wildman–Crippen MR) is 149 cm³/mol. The van der Waals surface area contributed by atoms with Crippen LogP contribution >= 0.6 is 0 Å². The first-order valence-corrected chi connectivity index (χ1v) is 13.1. The average Bonchev–Trinajstić information content (AvgIpc) is 2.92. The van der Waals surface area contributed by atoms with Crippen molar-refractivity contribution in [1.82, 2.24) is 9.80 Å². The van der Waals surface area contributed by atoms with E-state index >= 15 is 0 Å². The molecule has 1 unspecified atom stereocenters. The van der Waals surface area contributed by atoms with E-state index < -0.39 is 0 Å². The molecule has 1 aliphatic rings. The van der Waals surface area contributed by atoms with E-state index in [1.807, 2.05) is 27.0 Å². The maximum absolute atomic E-state index is 5.88. The number of amidine groups is 1. The van der Waals surface area contributed by atoms with E-state index in [1.165, 1.54) is 24.8 Å². The number of para-hydroxylation sites is 1. The van der Waals surface area contributed by atoms with Crippen LogP contribution in [-0.4, -0.2) is 63.6 Å². The smallest absolute Gasteiger partial charge is 0.165 e. The summed E-state index contributed by atoms with van der Waals surface area (Å²) in [5, 5.41) is 0. The number of ether oxygens (including phenoxy) is 2. The second-order valence-corrected chi connectivity index (χ2v) is 9.42. The Kier molecular flexibility index (Phi) is 11.6. The standard InChI is InChI=1S/C28H41N3O2.C2H6/c1-7-28(2)17-20-31(21-18-28)25(23-14-11-15-24(32-5)26(23)33-6)27(29-3)30(4)19-16-22-12-9-8-10-13-22;1-2/h8-15,25H,7,16-21H2,1-6H3;1-2H3. The van der Waals surface area contributed by atoms with Crippen LogP contribution in [0.3, 0.4) is 0 Å². The monoisotopic (exact) mass is 481 g/mol. The number of aliphatic imine (C=N–C) groups is 1. The number of hydrogen-bond donors (Lipinski definition) is 0. The van der Waals surface area contributed by atoms with E-state index in [1.54, 1.807) is 14.2 Å². The predicted octanol–water partition coefficient (Wildman–Crippen LogP) is 6.49. The normalized spacial score (nSPS) is 16.6. The highest BCUT2D eigenvalue weighted by atomic mass is 16.5. The Bertz CT molecular complexity index is 905. The van der Waals surface area contributed by atoms with Gasteiger partial charge in [-0.05, 0) is 49.4 Å². The van der Waals surface area contributed by atoms with Crippen LogP contribution in [0.15, 0.2) is 53.5 Å². The topological polar surface area (TPSA) is 37.3 Å². The van der Waals surface area contributed by atoms with Crippen LogP contribution in [0.4, 0.5) is 0 Å². The summed E-state index contributed by atoms with van der Waals surface area (Å²) in [6.45, 7) is 11.7. The lowest BCUT2D eigenvalue weighted by atomic mass is 9.77. The first kappa shape index (κ1) is 28.7. The summed E-state index contributed by atoms with van der Waals surface area (Å²) in [7, 11) is 7.49. The van der Waals surface area contributed by atoms with Gasteiger partial charge < -0.3 is 14.4 Å². The minimum absolute atomic E-state index is 0.0160. The van der Waals surface area contributed by atoms with Crippen molar-refractivity contribution in [3.05, 3.63) is 59.7 Å². The maximum Gasteiger partial charge on any atom is 0.165 e. The van der Waals surface area contributed by atoms with Gasteiger partial charge >= 0.3 is 0 Å². The number of likely N-dealkylation sites (tertiary alicyclic amines) is 1. The second-order valence-electron chi connectivity index (χ2n) is 9.42. The number of hydrogen-bond acceptors (Lipinski definition) is 4. The van der Waals surface area contributed by atoms with Crippen molar-refractivity contribution in [3.8, 4) is 11.5 Å². The number of methoxy groups -OCH3 is 2. The Morgan fingerprint density at radius 1 is 1.03 bits per heavy atom. The molecule has 5 heteroatoms. The van der Waals surface area contributed by atoms with Crippen LogP contribution in [0.25, 0.3) is 0 Å². The van der Waals surface area contributed by atoms with Gasteiger partial charge in [0.1, 0.15) is 5.84 Å². The molecular weight excluding hydrogens is 434 g/mol. The Labute approximate surface area is 214 Å². The van der Waals surface area contributed by atoms with Crippen molar-refractivity contribution in [2.45, 2.75) is 59.4 Å². The van der Waals surface area contributed by atoms with Gasteiger partial charge in [-0.25, -0.2) is 0 Å². The number of piperidine rings is 1. The molecule has 0 aromatic heterocycles. The van der Waals surface area contributed by atoms with E-state index in [0.717, 1.165) is 49.0 Å².